The Morgan fingerprint density at radius 3 is 2.81 bits per heavy atom. The summed E-state index contributed by atoms with van der Waals surface area (Å²) in [5.74, 6) is -0.109. The Kier molecular flexibility index (Phi) is 4.73. The van der Waals surface area contributed by atoms with Gasteiger partial charge in [-0.05, 0) is 19.3 Å². The first-order valence-corrected chi connectivity index (χ1v) is 5.72. The number of amides is 2. The molecule has 0 aliphatic carbocycles. The zero-order valence-corrected chi connectivity index (χ0v) is 9.82. The summed E-state index contributed by atoms with van der Waals surface area (Å²) in [4.78, 5) is 22.7. The van der Waals surface area contributed by atoms with Crippen molar-refractivity contribution in [2.75, 3.05) is 13.2 Å². The van der Waals surface area contributed by atoms with E-state index in [2.05, 4.69) is 10.6 Å². The lowest BCUT2D eigenvalue weighted by atomic mass is 9.97. The third kappa shape index (κ3) is 3.48. The van der Waals surface area contributed by atoms with Crippen LogP contribution in [0.5, 0.6) is 0 Å². The van der Waals surface area contributed by atoms with Gasteiger partial charge in [-0.1, -0.05) is 6.92 Å². The second-order valence-electron chi connectivity index (χ2n) is 4.50. The van der Waals surface area contributed by atoms with Crippen LogP contribution in [0.1, 0.15) is 26.7 Å². The summed E-state index contributed by atoms with van der Waals surface area (Å²) < 4.78 is 0. The molecule has 1 fully saturated rings. The fourth-order valence-corrected chi connectivity index (χ4v) is 1.60. The molecule has 0 spiro atoms. The molecule has 3 atom stereocenters. The standard InChI is InChI=1S/C11H20N2O3/c1-7(6-14)8(2)13-11(16)9-3-4-10(15)12-5-9/h7-9,14H,3-6H2,1-2H3,(H,12,15)(H,13,16). The van der Waals surface area contributed by atoms with E-state index < -0.39 is 0 Å². The predicted octanol–water partition coefficient (Wildman–Crippen LogP) is -0.354. The zero-order chi connectivity index (χ0) is 12.1. The molecule has 2 amide bonds. The van der Waals surface area contributed by atoms with Crippen molar-refractivity contribution in [3.8, 4) is 0 Å². The molecule has 5 nitrogen and oxygen atoms in total. The molecule has 3 N–H and O–H groups in total. The van der Waals surface area contributed by atoms with Crippen molar-refractivity contribution in [3.63, 3.8) is 0 Å². The maximum Gasteiger partial charge on any atom is 0.225 e. The number of rotatable bonds is 4. The fourth-order valence-electron chi connectivity index (χ4n) is 1.60. The van der Waals surface area contributed by atoms with Gasteiger partial charge in [0.25, 0.3) is 0 Å². The summed E-state index contributed by atoms with van der Waals surface area (Å²) >= 11 is 0. The van der Waals surface area contributed by atoms with E-state index in [0.717, 1.165) is 0 Å². The molecule has 1 aliphatic rings. The number of aliphatic hydroxyl groups excluding tert-OH is 1. The van der Waals surface area contributed by atoms with Gasteiger partial charge in [-0.2, -0.15) is 0 Å². The van der Waals surface area contributed by atoms with Crippen molar-refractivity contribution < 1.29 is 14.7 Å². The Labute approximate surface area is 95.6 Å². The molecule has 1 rings (SSSR count). The molecule has 5 heteroatoms. The van der Waals surface area contributed by atoms with Crippen molar-refractivity contribution in [2.45, 2.75) is 32.7 Å². The van der Waals surface area contributed by atoms with Crippen molar-refractivity contribution in [2.24, 2.45) is 11.8 Å². The molecule has 1 aliphatic heterocycles. The Bertz CT molecular complexity index is 258. The molecule has 1 heterocycles. The molecule has 0 aromatic heterocycles. The quantitative estimate of drug-likeness (QED) is 0.615. The molecule has 1 saturated heterocycles. The van der Waals surface area contributed by atoms with Gasteiger partial charge in [0.05, 0.1) is 5.92 Å². The highest BCUT2D eigenvalue weighted by molar-refractivity contribution is 5.83. The zero-order valence-electron chi connectivity index (χ0n) is 9.82. The van der Waals surface area contributed by atoms with Gasteiger partial charge in [-0.15, -0.1) is 0 Å². The van der Waals surface area contributed by atoms with Crippen molar-refractivity contribution >= 4 is 11.8 Å². The predicted molar refractivity (Wildman–Crippen MR) is 59.6 cm³/mol. The van der Waals surface area contributed by atoms with E-state index in [1.165, 1.54) is 0 Å². The summed E-state index contributed by atoms with van der Waals surface area (Å²) in [6.07, 6.45) is 1.03. The minimum Gasteiger partial charge on any atom is -0.396 e. The molecule has 0 saturated carbocycles. The minimum absolute atomic E-state index is 0.0147. The maximum atomic E-state index is 11.8. The van der Waals surface area contributed by atoms with Gasteiger partial charge in [0, 0.05) is 25.6 Å². The van der Waals surface area contributed by atoms with E-state index in [4.69, 9.17) is 5.11 Å². The second-order valence-corrected chi connectivity index (χ2v) is 4.50. The number of hydrogen-bond acceptors (Lipinski definition) is 3. The molecule has 0 aromatic carbocycles. The molecule has 92 valence electrons. The van der Waals surface area contributed by atoms with Gasteiger partial charge in [0.1, 0.15) is 0 Å². The average molecular weight is 228 g/mol. The van der Waals surface area contributed by atoms with E-state index in [1.54, 1.807) is 0 Å². The lowest BCUT2D eigenvalue weighted by Crippen LogP contribution is -2.47. The largest absolute Gasteiger partial charge is 0.396 e. The van der Waals surface area contributed by atoms with Crippen LogP contribution in [0.2, 0.25) is 0 Å². The van der Waals surface area contributed by atoms with Gasteiger partial charge < -0.3 is 15.7 Å². The molecular weight excluding hydrogens is 208 g/mol. The molecule has 3 unspecified atom stereocenters. The summed E-state index contributed by atoms with van der Waals surface area (Å²) in [6, 6.07) is -0.0462. The lowest BCUT2D eigenvalue weighted by molar-refractivity contribution is -0.129. The van der Waals surface area contributed by atoms with Crippen LogP contribution in [-0.2, 0) is 9.59 Å². The minimum atomic E-state index is -0.133. The number of nitrogens with one attached hydrogen (secondary N) is 2. The molecule has 0 radical (unpaired) electrons. The molecular formula is C11H20N2O3. The maximum absolute atomic E-state index is 11.8. The van der Waals surface area contributed by atoms with Gasteiger partial charge in [0.15, 0.2) is 0 Å². The van der Waals surface area contributed by atoms with Crippen molar-refractivity contribution in [1.29, 1.82) is 0 Å². The van der Waals surface area contributed by atoms with Crippen molar-refractivity contribution in [3.05, 3.63) is 0 Å². The van der Waals surface area contributed by atoms with Gasteiger partial charge in [-0.25, -0.2) is 0 Å². The van der Waals surface area contributed by atoms with Gasteiger partial charge in [-0.3, -0.25) is 9.59 Å². The first-order valence-electron chi connectivity index (χ1n) is 5.72. The summed E-state index contributed by atoms with van der Waals surface area (Å²) in [5, 5.41) is 14.5. The fraction of sp³-hybridized carbons (Fsp3) is 0.818. The van der Waals surface area contributed by atoms with Crippen LogP contribution in [0.15, 0.2) is 0 Å². The Morgan fingerprint density at radius 1 is 1.62 bits per heavy atom. The Balaban J connectivity index is 2.37. The molecule has 0 bridgehead atoms. The summed E-state index contributed by atoms with van der Waals surface area (Å²) in [7, 11) is 0. The van der Waals surface area contributed by atoms with Crippen LogP contribution in [0.4, 0.5) is 0 Å². The van der Waals surface area contributed by atoms with Crippen molar-refractivity contribution in [1.82, 2.24) is 10.6 Å². The third-order valence-electron chi connectivity index (χ3n) is 3.15. The average Bonchev–Trinajstić information content (AvgIpc) is 2.28. The highest BCUT2D eigenvalue weighted by Crippen LogP contribution is 2.12. The van der Waals surface area contributed by atoms with E-state index in [-0.39, 0.29) is 36.3 Å². The number of aliphatic hydroxyl groups is 1. The Morgan fingerprint density at radius 2 is 2.31 bits per heavy atom. The van der Waals surface area contributed by atoms with Gasteiger partial charge in [0.2, 0.25) is 11.8 Å². The smallest absolute Gasteiger partial charge is 0.225 e. The van der Waals surface area contributed by atoms with Crippen LogP contribution in [0.25, 0.3) is 0 Å². The van der Waals surface area contributed by atoms with Crippen LogP contribution < -0.4 is 10.6 Å². The SMILES string of the molecule is CC(CO)C(C)NC(=O)C1CCC(=O)NC1. The monoisotopic (exact) mass is 228 g/mol. The summed E-state index contributed by atoms with van der Waals surface area (Å²) in [6.45, 7) is 4.24. The van der Waals surface area contributed by atoms with E-state index in [1.807, 2.05) is 13.8 Å². The van der Waals surface area contributed by atoms with E-state index in [9.17, 15) is 9.59 Å². The number of carbonyl (C=O) groups excluding carboxylic acids is 2. The van der Waals surface area contributed by atoms with Crippen LogP contribution in [0.3, 0.4) is 0 Å². The highest BCUT2D eigenvalue weighted by atomic mass is 16.3. The number of carbonyl (C=O) groups is 2. The van der Waals surface area contributed by atoms with E-state index >= 15 is 0 Å². The molecule has 16 heavy (non-hydrogen) atoms. The first kappa shape index (κ1) is 13.0. The van der Waals surface area contributed by atoms with Crippen LogP contribution in [0, 0.1) is 11.8 Å². The van der Waals surface area contributed by atoms with E-state index in [0.29, 0.717) is 19.4 Å². The topological polar surface area (TPSA) is 78.4 Å². The van der Waals surface area contributed by atoms with Crippen LogP contribution in [-0.4, -0.2) is 36.1 Å². The van der Waals surface area contributed by atoms with Gasteiger partial charge >= 0.3 is 0 Å². The second kappa shape index (κ2) is 5.84. The number of hydrogen-bond donors (Lipinski definition) is 3. The third-order valence-corrected chi connectivity index (χ3v) is 3.15. The highest BCUT2D eigenvalue weighted by Gasteiger charge is 2.26. The normalized spacial score (nSPS) is 24.4. The first-order chi connectivity index (χ1) is 7.54. The summed E-state index contributed by atoms with van der Waals surface area (Å²) in [5.41, 5.74) is 0. The van der Waals surface area contributed by atoms with Crippen LogP contribution >= 0.6 is 0 Å². The molecule has 0 aromatic rings. The Hall–Kier alpha value is -1.10. The lowest BCUT2D eigenvalue weighted by Gasteiger charge is -2.25. The number of piperidine rings is 1.